The van der Waals surface area contributed by atoms with Crippen molar-refractivity contribution in [1.29, 1.82) is 0 Å². The highest BCUT2D eigenvalue weighted by Gasteiger charge is 2.48. The molecule has 0 spiro atoms. The fourth-order valence-corrected chi connectivity index (χ4v) is 3.27. The number of fused-ring (bicyclic) bond motifs is 1. The SMILES string of the molecule is CCc1ccc2c(c1)CN(CC1(CNCl)NC(=O)NC1=O)C2=O. The zero-order valence-electron chi connectivity index (χ0n) is 12.6. The molecule has 122 valence electrons. The van der Waals surface area contributed by atoms with Gasteiger partial charge in [-0.3, -0.25) is 14.9 Å². The number of aryl methyl sites for hydroxylation is 1. The molecule has 23 heavy (non-hydrogen) atoms. The third kappa shape index (κ3) is 2.66. The van der Waals surface area contributed by atoms with Gasteiger partial charge in [-0.1, -0.05) is 19.1 Å². The number of halogens is 1. The first-order valence-electron chi connectivity index (χ1n) is 7.37. The van der Waals surface area contributed by atoms with Crippen molar-refractivity contribution in [2.75, 3.05) is 13.1 Å². The molecule has 3 rings (SSSR count). The molecule has 2 aliphatic rings. The Kier molecular flexibility index (Phi) is 3.99. The second kappa shape index (κ2) is 5.82. The Labute approximate surface area is 138 Å². The van der Waals surface area contributed by atoms with Gasteiger partial charge in [-0.25, -0.2) is 9.63 Å². The lowest BCUT2D eigenvalue weighted by Gasteiger charge is -2.30. The van der Waals surface area contributed by atoms with Crippen molar-refractivity contribution in [3.63, 3.8) is 0 Å². The summed E-state index contributed by atoms with van der Waals surface area (Å²) in [6.07, 6.45) is 0.889. The first-order chi connectivity index (χ1) is 11.0. The van der Waals surface area contributed by atoms with Crippen LogP contribution in [-0.4, -0.2) is 41.4 Å². The summed E-state index contributed by atoms with van der Waals surface area (Å²) in [4.78, 5) is 40.1. The lowest BCUT2D eigenvalue weighted by molar-refractivity contribution is -0.124. The van der Waals surface area contributed by atoms with Crippen LogP contribution < -0.4 is 15.5 Å². The van der Waals surface area contributed by atoms with Gasteiger partial charge < -0.3 is 10.2 Å². The van der Waals surface area contributed by atoms with Crippen LogP contribution in [0, 0.1) is 0 Å². The number of amides is 4. The molecule has 1 atom stereocenters. The molecule has 1 unspecified atom stereocenters. The van der Waals surface area contributed by atoms with Crippen molar-refractivity contribution in [2.45, 2.75) is 25.4 Å². The summed E-state index contributed by atoms with van der Waals surface area (Å²) in [7, 11) is 0. The Bertz CT molecular complexity index is 693. The molecule has 2 aliphatic heterocycles. The van der Waals surface area contributed by atoms with Crippen molar-refractivity contribution >= 4 is 29.6 Å². The Hall–Kier alpha value is -2.12. The number of rotatable bonds is 5. The third-order valence-electron chi connectivity index (χ3n) is 4.30. The fourth-order valence-electron chi connectivity index (χ4n) is 3.04. The normalized spacial score (nSPS) is 23.0. The number of benzene rings is 1. The molecular weight excluding hydrogens is 320 g/mol. The van der Waals surface area contributed by atoms with Gasteiger partial charge in [0.25, 0.3) is 11.8 Å². The summed E-state index contributed by atoms with van der Waals surface area (Å²) in [5.74, 6) is -0.640. The summed E-state index contributed by atoms with van der Waals surface area (Å²) >= 11 is 5.55. The molecule has 1 aromatic rings. The molecule has 7 nitrogen and oxygen atoms in total. The van der Waals surface area contributed by atoms with E-state index in [2.05, 4.69) is 22.4 Å². The first-order valence-corrected chi connectivity index (χ1v) is 7.75. The maximum Gasteiger partial charge on any atom is 0.322 e. The number of carbonyl (C=O) groups is 3. The fraction of sp³-hybridized carbons (Fsp3) is 0.400. The molecule has 0 aromatic heterocycles. The van der Waals surface area contributed by atoms with Gasteiger partial charge in [0.2, 0.25) is 0 Å². The number of urea groups is 1. The van der Waals surface area contributed by atoms with E-state index in [0.717, 1.165) is 17.5 Å². The van der Waals surface area contributed by atoms with Crippen LogP contribution in [0.25, 0.3) is 0 Å². The number of hydrogen-bond donors (Lipinski definition) is 3. The molecule has 8 heteroatoms. The monoisotopic (exact) mass is 336 g/mol. The Morgan fingerprint density at radius 1 is 1.35 bits per heavy atom. The van der Waals surface area contributed by atoms with Crippen molar-refractivity contribution in [1.82, 2.24) is 20.4 Å². The van der Waals surface area contributed by atoms with Gasteiger partial charge in [0, 0.05) is 18.7 Å². The zero-order chi connectivity index (χ0) is 16.6. The number of imide groups is 1. The average molecular weight is 337 g/mol. The van der Waals surface area contributed by atoms with E-state index in [1.54, 1.807) is 4.90 Å². The second-order valence-electron chi connectivity index (χ2n) is 5.81. The molecule has 1 saturated heterocycles. The van der Waals surface area contributed by atoms with Gasteiger partial charge in [-0.05, 0) is 35.4 Å². The van der Waals surface area contributed by atoms with Crippen LogP contribution >= 0.6 is 11.8 Å². The van der Waals surface area contributed by atoms with Crippen LogP contribution in [0.2, 0.25) is 0 Å². The van der Waals surface area contributed by atoms with Gasteiger partial charge in [0.1, 0.15) is 0 Å². The van der Waals surface area contributed by atoms with E-state index in [-0.39, 0.29) is 19.0 Å². The minimum absolute atomic E-state index is 0.0203. The molecule has 0 radical (unpaired) electrons. The lowest BCUT2D eigenvalue weighted by Crippen LogP contribution is -2.59. The summed E-state index contributed by atoms with van der Waals surface area (Å²) in [5.41, 5.74) is 1.47. The van der Waals surface area contributed by atoms with Crippen LogP contribution in [-0.2, 0) is 17.8 Å². The van der Waals surface area contributed by atoms with E-state index >= 15 is 0 Å². The summed E-state index contributed by atoms with van der Waals surface area (Å²) in [6, 6.07) is 5.17. The summed E-state index contributed by atoms with van der Waals surface area (Å²) < 4.78 is 0. The lowest BCUT2D eigenvalue weighted by atomic mass is 9.99. The molecule has 0 saturated carbocycles. The third-order valence-corrected chi connectivity index (χ3v) is 4.43. The molecule has 1 fully saturated rings. The zero-order valence-corrected chi connectivity index (χ0v) is 13.4. The predicted molar refractivity (Wildman–Crippen MR) is 83.8 cm³/mol. The number of carbonyl (C=O) groups excluding carboxylic acids is 3. The van der Waals surface area contributed by atoms with Crippen LogP contribution in [0.15, 0.2) is 18.2 Å². The molecule has 0 aliphatic carbocycles. The Morgan fingerprint density at radius 2 is 2.13 bits per heavy atom. The maximum atomic E-state index is 12.5. The second-order valence-corrected chi connectivity index (χ2v) is 6.07. The number of nitrogens with one attached hydrogen (secondary N) is 3. The quantitative estimate of drug-likeness (QED) is 0.540. The Morgan fingerprint density at radius 3 is 2.74 bits per heavy atom. The van der Waals surface area contributed by atoms with Gasteiger partial charge in [-0.15, -0.1) is 0 Å². The molecule has 2 heterocycles. The van der Waals surface area contributed by atoms with Crippen LogP contribution in [0.1, 0.15) is 28.4 Å². The number of nitrogens with zero attached hydrogens (tertiary/aromatic N) is 1. The first kappa shape index (κ1) is 15.8. The maximum absolute atomic E-state index is 12.5. The van der Waals surface area contributed by atoms with Crippen LogP contribution in [0.4, 0.5) is 4.79 Å². The topological polar surface area (TPSA) is 90.5 Å². The van der Waals surface area contributed by atoms with Gasteiger partial charge in [0.05, 0.1) is 6.54 Å². The van der Waals surface area contributed by atoms with Crippen molar-refractivity contribution < 1.29 is 14.4 Å². The van der Waals surface area contributed by atoms with Crippen molar-refractivity contribution in [3.05, 3.63) is 34.9 Å². The van der Waals surface area contributed by atoms with E-state index in [9.17, 15) is 14.4 Å². The van der Waals surface area contributed by atoms with E-state index in [1.165, 1.54) is 0 Å². The van der Waals surface area contributed by atoms with Crippen LogP contribution in [0.3, 0.4) is 0 Å². The predicted octanol–water partition coefficient (Wildman–Crippen LogP) is 0.526. The molecule has 0 bridgehead atoms. The largest absolute Gasteiger partial charge is 0.331 e. The van der Waals surface area contributed by atoms with Crippen molar-refractivity contribution in [2.24, 2.45) is 0 Å². The highest BCUT2D eigenvalue weighted by Crippen LogP contribution is 2.26. The smallest absolute Gasteiger partial charge is 0.322 e. The van der Waals surface area contributed by atoms with E-state index in [0.29, 0.717) is 12.1 Å². The molecule has 4 amide bonds. The molecular formula is C15H17ClN4O3. The highest BCUT2D eigenvalue weighted by atomic mass is 35.5. The molecule has 3 N–H and O–H groups in total. The minimum Gasteiger partial charge on any atom is -0.331 e. The van der Waals surface area contributed by atoms with Gasteiger partial charge in [0.15, 0.2) is 5.54 Å². The number of hydrogen-bond acceptors (Lipinski definition) is 4. The summed E-state index contributed by atoms with van der Waals surface area (Å²) in [5, 5.41) is 4.77. The minimum atomic E-state index is -1.26. The highest BCUT2D eigenvalue weighted by molar-refractivity contribution is 6.14. The van der Waals surface area contributed by atoms with E-state index in [4.69, 9.17) is 11.8 Å². The van der Waals surface area contributed by atoms with Crippen molar-refractivity contribution in [3.8, 4) is 0 Å². The van der Waals surface area contributed by atoms with E-state index in [1.807, 2.05) is 18.2 Å². The van der Waals surface area contributed by atoms with Crippen LogP contribution in [0.5, 0.6) is 0 Å². The van der Waals surface area contributed by atoms with Gasteiger partial charge >= 0.3 is 6.03 Å². The average Bonchev–Trinajstić information content (AvgIpc) is 2.96. The summed E-state index contributed by atoms with van der Waals surface area (Å²) in [6.45, 7) is 2.54. The standard InChI is InChI=1S/C15H17ClN4O3/c1-2-9-3-4-11-10(5-9)6-20(12(11)21)8-15(7-17-16)13(22)18-14(23)19-15/h3-5,17H,2,6-8H2,1H3,(H2,18,19,22,23). The van der Waals surface area contributed by atoms with E-state index < -0.39 is 17.5 Å². The van der Waals surface area contributed by atoms with Gasteiger partial charge in [-0.2, -0.15) is 0 Å². The Balaban J connectivity index is 1.84. The molecule has 1 aromatic carbocycles.